The second kappa shape index (κ2) is 5.58. The number of halogens is 2. The summed E-state index contributed by atoms with van der Waals surface area (Å²) >= 11 is 12.5. The molecule has 27 heavy (non-hydrogen) atoms. The first-order chi connectivity index (χ1) is 13.0. The molecule has 0 saturated heterocycles. The maximum absolute atomic E-state index is 13.0. The summed E-state index contributed by atoms with van der Waals surface area (Å²) in [6.45, 7) is 0. The Morgan fingerprint density at radius 2 is 1.85 bits per heavy atom. The van der Waals surface area contributed by atoms with Gasteiger partial charge in [-0.1, -0.05) is 35.3 Å². The zero-order valence-corrected chi connectivity index (χ0v) is 15.3. The highest BCUT2D eigenvalue weighted by Crippen LogP contribution is 2.50. The first-order valence-electron chi connectivity index (χ1n) is 8.25. The summed E-state index contributed by atoms with van der Waals surface area (Å²) < 4.78 is 1.55. The third kappa shape index (κ3) is 2.17. The molecule has 3 aromatic rings. The van der Waals surface area contributed by atoms with Crippen LogP contribution < -0.4 is 10.6 Å². The van der Waals surface area contributed by atoms with E-state index in [1.54, 1.807) is 41.2 Å². The van der Waals surface area contributed by atoms with Gasteiger partial charge in [-0.05, 0) is 35.9 Å². The van der Waals surface area contributed by atoms with Crippen molar-refractivity contribution in [3.05, 3.63) is 69.8 Å². The van der Waals surface area contributed by atoms with Gasteiger partial charge in [0.2, 0.25) is 11.8 Å². The lowest BCUT2D eigenvalue weighted by Crippen LogP contribution is -2.43. The van der Waals surface area contributed by atoms with Crippen molar-refractivity contribution in [3.63, 3.8) is 0 Å². The smallest absolute Gasteiger partial charge is 0.240 e. The molecule has 5 rings (SSSR count). The third-order valence-corrected chi connectivity index (χ3v) is 5.63. The second-order valence-electron chi connectivity index (χ2n) is 6.54. The molecule has 2 aliphatic rings. The average molecular weight is 399 g/mol. The number of carbonyl (C=O) groups excluding carboxylic acids is 2. The fraction of sp³-hybridized carbons (Fsp3) is 0.105. The largest absolute Gasteiger partial charge is 0.325 e. The van der Waals surface area contributed by atoms with Gasteiger partial charge in [-0.2, -0.15) is 5.10 Å². The van der Waals surface area contributed by atoms with Crippen LogP contribution in [0.2, 0.25) is 10.0 Å². The molecule has 8 heteroatoms. The van der Waals surface area contributed by atoms with Gasteiger partial charge in [0, 0.05) is 22.7 Å². The lowest BCUT2D eigenvalue weighted by Gasteiger charge is -2.31. The number of para-hydroxylation sites is 1. The molecule has 3 heterocycles. The van der Waals surface area contributed by atoms with E-state index >= 15 is 0 Å². The molecular formula is C19H12Cl2N4O2. The topological polar surface area (TPSA) is 76.0 Å². The van der Waals surface area contributed by atoms with Crippen molar-refractivity contribution < 1.29 is 9.59 Å². The van der Waals surface area contributed by atoms with Crippen LogP contribution in [0.5, 0.6) is 0 Å². The Morgan fingerprint density at radius 3 is 2.67 bits per heavy atom. The van der Waals surface area contributed by atoms with E-state index in [0.717, 1.165) is 0 Å². The van der Waals surface area contributed by atoms with E-state index in [0.29, 0.717) is 38.4 Å². The maximum atomic E-state index is 13.0. The number of amides is 2. The minimum atomic E-state index is -1.17. The highest BCUT2D eigenvalue weighted by atomic mass is 35.5. The Balaban J connectivity index is 1.79. The van der Waals surface area contributed by atoms with Crippen LogP contribution in [-0.4, -0.2) is 21.6 Å². The number of hydrogen-bond donors (Lipinski definition) is 2. The Morgan fingerprint density at radius 1 is 1.04 bits per heavy atom. The summed E-state index contributed by atoms with van der Waals surface area (Å²) in [4.78, 5) is 25.6. The van der Waals surface area contributed by atoms with Crippen LogP contribution in [-0.2, 0) is 15.0 Å². The fourth-order valence-corrected chi connectivity index (χ4v) is 4.26. The zero-order valence-electron chi connectivity index (χ0n) is 13.8. The summed E-state index contributed by atoms with van der Waals surface area (Å²) in [5.74, 6) is -0.115. The molecule has 0 bridgehead atoms. The zero-order chi connectivity index (χ0) is 18.8. The summed E-state index contributed by atoms with van der Waals surface area (Å²) in [5.41, 5.74) is 1.38. The van der Waals surface area contributed by atoms with Gasteiger partial charge in [0.1, 0.15) is 11.2 Å². The predicted octanol–water partition coefficient (Wildman–Crippen LogP) is 3.76. The Kier molecular flexibility index (Phi) is 3.38. The van der Waals surface area contributed by atoms with Crippen molar-refractivity contribution in [1.82, 2.24) is 9.78 Å². The lowest BCUT2D eigenvalue weighted by molar-refractivity contribution is -0.125. The number of carbonyl (C=O) groups is 2. The van der Waals surface area contributed by atoms with E-state index in [1.807, 2.05) is 12.1 Å². The van der Waals surface area contributed by atoms with Gasteiger partial charge >= 0.3 is 0 Å². The monoisotopic (exact) mass is 398 g/mol. The van der Waals surface area contributed by atoms with Crippen LogP contribution in [0.1, 0.15) is 17.5 Å². The van der Waals surface area contributed by atoms with Crippen molar-refractivity contribution >= 4 is 46.5 Å². The van der Waals surface area contributed by atoms with E-state index in [2.05, 4.69) is 15.7 Å². The molecule has 0 fully saturated rings. The minimum Gasteiger partial charge on any atom is -0.325 e. The molecule has 2 aromatic carbocycles. The van der Waals surface area contributed by atoms with E-state index in [9.17, 15) is 9.59 Å². The molecule has 2 N–H and O–H groups in total. The van der Waals surface area contributed by atoms with Crippen molar-refractivity contribution in [2.75, 3.05) is 10.6 Å². The van der Waals surface area contributed by atoms with Crippen LogP contribution in [0.15, 0.2) is 48.7 Å². The number of fused-ring (bicyclic) bond motifs is 4. The molecule has 1 atom stereocenters. The van der Waals surface area contributed by atoms with E-state index < -0.39 is 5.41 Å². The van der Waals surface area contributed by atoms with Gasteiger partial charge in [0.25, 0.3) is 0 Å². The molecule has 1 aromatic heterocycles. The quantitative estimate of drug-likeness (QED) is 0.654. The summed E-state index contributed by atoms with van der Waals surface area (Å²) in [7, 11) is 0. The highest BCUT2D eigenvalue weighted by Gasteiger charge is 2.54. The van der Waals surface area contributed by atoms with Crippen molar-refractivity contribution in [3.8, 4) is 5.69 Å². The summed E-state index contributed by atoms with van der Waals surface area (Å²) in [6, 6.07) is 12.3. The van der Waals surface area contributed by atoms with Crippen molar-refractivity contribution in [2.24, 2.45) is 0 Å². The molecule has 1 spiro atoms. The molecule has 2 aliphatic heterocycles. The summed E-state index contributed by atoms with van der Waals surface area (Å²) in [5, 5.41) is 11.1. The highest BCUT2D eigenvalue weighted by molar-refractivity contribution is 6.32. The Labute approximate surface area is 164 Å². The SMILES string of the molecule is O=C1C[C@@]2(C(=O)Nc3ccc(Cl)cc32)c2cnn(-c3ccccc3Cl)c2N1. The van der Waals surface area contributed by atoms with Crippen LogP contribution in [0, 0.1) is 0 Å². The van der Waals surface area contributed by atoms with Crippen LogP contribution in [0.4, 0.5) is 11.5 Å². The standard InChI is InChI=1S/C19H12Cl2N4O2/c20-10-5-6-14-11(7-10)19(18(27)23-14)8-16(26)24-17-12(19)9-22-25(17)15-4-2-1-3-13(15)21/h1-7,9H,8H2,(H,23,27)(H,24,26)/t19-/m0/s1. The van der Waals surface area contributed by atoms with Gasteiger partial charge in [0.15, 0.2) is 0 Å². The van der Waals surface area contributed by atoms with Gasteiger partial charge in [-0.25, -0.2) is 4.68 Å². The van der Waals surface area contributed by atoms with Gasteiger partial charge in [0.05, 0.1) is 16.9 Å². The van der Waals surface area contributed by atoms with Gasteiger partial charge in [-0.15, -0.1) is 0 Å². The van der Waals surface area contributed by atoms with E-state index in [1.165, 1.54) is 0 Å². The van der Waals surface area contributed by atoms with Gasteiger partial charge in [-0.3, -0.25) is 9.59 Å². The fourth-order valence-electron chi connectivity index (χ4n) is 3.87. The number of nitrogens with one attached hydrogen (secondary N) is 2. The molecule has 2 amide bonds. The number of hydrogen-bond acceptors (Lipinski definition) is 3. The Hall–Kier alpha value is -2.83. The van der Waals surface area contributed by atoms with E-state index in [-0.39, 0.29) is 18.2 Å². The van der Waals surface area contributed by atoms with Crippen molar-refractivity contribution in [1.29, 1.82) is 0 Å². The van der Waals surface area contributed by atoms with Crippen LogP contribution >= 0.6 is 23.2 Å². The predicted molar refractivity (Wildman–Crippen MR) is 103 cm³/mol. The Bertz CT molecular complexity index is 1140. The molecule has 134 valence electrons. The molecule has 0 unspecified atom stereocenters. The lowest BCUT2D eigenvalue weighted by atomic mass is 9.72. The molecule has 0 aliphatic carbocycles. The van der Waals surface area contributed by atoms with Crippen molar-refractivity contribution in [2.45, 2.75) is 11.8 Å². The normalized spacial score (nSPS) is 20.2. The minimum absolute atomic E-state index is 0.0204. The molecule has 6 nitrogen and oxygen atoms in total. The number of rotatable bonds is 1. The van der Waals surface area contributed by atoms with Gasteiger partial charge < -0.3 is 10.6 Å². The average Bonchev–Trinajstić information content (AvgIpc) is 3.16. The maximum Gasteiger partial charge on any atom is 0.240 e. The molecular weight excluding hydrogens is 387 g/mol. The van der Waals surface area contributed by atoms with Crippen LogP contribution in [0.25, 0.3) is 5.69 Å². The van der Waals surface area contributed by atoms with E-state index in [4.69, 9.17) is 23.2 Å². The second-order valence-corrected chi connectivity index (χ2v) is 7.39. The summed E-state index contributed by atoms with van der Waals surface area (Å²) in [6.07, 6.45) is 1.58. The molecule has 0 radical (unpaired) electrons. The number of nitrogens with zero attached hydrogens (tertiary/aromatic N) is 2. The first-order valence-corrected chi connectivity index (χ1v) is 9.01. The molecule has 0 saturated carbocycles. The third-order valence-electron chi connectivity index (χ3n) is 5.07. The first kappa shape index (κ1) is 16.4. The van der Waals surface area contributed by atoms with Crippen LogP contribution in [0.3, 0.4) is 0 Å². The number of anilines is 2. The number of aromatic nitrogens is 2. The number of benzene rings is 2.